The molecule has 0 unspecified atom stereocenters. The van der Waals surface area contributed by atoms with Crippen molar-refractivity contribution in [3.8, 4) is 5.75 Å². The molecule has 0 bridgehead atoms. The minimum absolute atomic E-state index is 0.173. The molecule has 0 radical (unpaired) electrons. The Balaban J connectivity index is 1.99. The molecule has 2 rings (SSSR count). The van der Waals surface area contributed by atoms with Gasteiger partial charge in [0.2, 0.25) is 5.91 Å². The third-order valence-electron chi connectivity index (χ3n) is 3.71. The number of carbonyl (C=O) groups is 2. The van der Waals surface area contributed by atoms with E-state index in [1.54, 1.807) is 19.2 Å². The molecule has 0 aromatic heterocycles. The first-order chi connectivity index (χ1) is 11.6. The van der Waals surface area contributed by atoms with Crippen LogP contribution < -0.4 is 4.74 Å². The maximum absolute atomic E-state index is 12.5. The quantitative estimate of drug-likeness (QED) is 0.808. The molecule has 24 heavy (non-hydrogen) atoms. The summed E-state index contributed by atoms with van der Waals surface area (Å²) in [5.41, 5.74) is 1.90. The highest BCUT2D eigenvalue weighted by Crippen LogP contribution is 2.13. The normalized spacial score (nSPS) is 10.2. The summed E-state index contributed by atoms with van der Waals surface area (Å²) >= 11 is 0. The first-order valence-electron chi connectivity index (χ1n) is 7.75. The average Bonchev–Trinajstić information content (AvgIpc) is 2.59. The van der Waals surface area contributed by atoms with Crippen molar-refractivity contribution < 1.29 is 19.4 Å². The lowest BCUT2D eigenvalue weighted by atomic mass is 10.1. The molecular weight excluding hydrogens is 306 g/mol. The van der Waals surface area contributed by atoms with Crippen molar-refractivity contribution in [3.63, 3.8) is 0 Å². The van der Waals surface area contributed by atoms with Crippen LogP contribution in [0.15, 0.2) is 54.6 Å². The second-order valence-electron chi connectivity index (χ2n) is 5.47. The summed E-state index contributed by atoms with van der Waals surface area (Å²) in [5.74, 6) is -0.484. The van der Waals surface area contributed by atoms with Crippen LogP contribution in [0.3, 0.4) is 0 Å². The van der Waals surface area contributed by atoms with Crippen LogP contribution in [0.1, 0.15) is 11.1 Å². The van der Waals surface area contributed by atoms with E-state index in [0.717, 1.165) is 16.9 Å². The molecule has 2 aromatic rings. The number of methoxy groups -OCH3 is 1. The Kier molecular flexibility index (Phi) is 6.37. The number of carboxylic acids is 1. The van der Waals surface area contributed by atoms with Crippen molar-refractivity contribution >= 4 is 11.9 Å². The van der Waals surface area contributed by atoms with E-state index in [2.05, 4.69) is 0 Å². The van der Waals surface area contributed by atoms with E-state index in [9.17, 15) is 9.59 Å². The number of carbonyl (C=O) groups excluding carboxylic acids is 1. The van der Waals surface area contributed by atoms with Crippen LogP contribution in [0.5, 0.6) is 5.75 Å². The Morgan fingerprint density at radius 1 is 1.00 bits per heavy atom. The Morgan fingerprint density at radius 3 is 2.25 bits per heavy atom. The largest absolute Gasteiger partial charge is 0.497 e. The Bertz CT molecular complexity index is 668. The second-order valence-corrected chi connectivity index (χ2v) is 5.47. The fourth-order valence-electron chi connectivity index (χ4n) is 2.39. The summed E-state index contributed by atoms with van der Waals surface area (Å²) in [6, 6.07) is 16.9. The molecule has 0 spiro atoms. The van der Waals surface area contributed by atoms with Gasteiger partial charge >= 0.3 is 5.97 Å². The zero-order valence-corrected chi connectivity index (χ0v) is 13.6. The van der Waals surface area contributed by atoms with Crippen LogP contribution in [0, 0.1) is 0 Å². The van der Waals surface area contributed by atoms with Gasteiger partial charge in [0.1, 0.15) is 12.3 Å². The molecule has 0 heterocycles. The van der Waals surface area contributed by atoms with Crippen molar-refractivity contribution in [2.45, 2.75) is 12.8 Å². The average molecular weight is 327 g/mol. The second kappa shape index (κ2) is 8.72. The molecule has 0 aliphatic carbocycles. The SMILES string of the molecule is COc1ccc(CC(=O)N(CCc2ccccc2)CC(=O)O)cc1. The van der Waals surface area contributed by atoms with Gasteiger partial charge in [-0.25, -0.2) is 0 Å². The highest BCUT2D eigenvalue weighted by Gasteiger charge is 2.17. The van der Waals surface area contributed by atoms with E-state index in [0.29, 0.717) is 13.0 Å². The number of nitrogens with zero attached hydrogens (tertiary/aromatic N) is 1. The lowest BCUT2D eigenvalue weighted by Crippen LogP contribution is -2.38. The van der Waals surface area contributed by atoms with Crippen LogP contribution in [0.4, 0.5) is 0 Å². The molecule has 1 amide bonds. The van der Waals surface area contributed by atoms with Gasteiger partial charge in [-0.3, -0.25) is 9.59 Å². The van der Waals surface area contributed by atoms with Gasteiger partial charge in [-0.15, -0.1) is 0 Å². The van der Waals surface area contributed by atoms with Crippen molar-refractivity contribution in [2.24, 2.45) is 0 Å². The third-order valence-corrected chi connectivity index (χ3v) is 3.71. The molecule has 5 heteroatoms. The molecule has 0 aliphatic heterocycles. The molecule has 126 valence electrons. The molecule has 0 aliphatic rings. The number of carboxylic acid groups (broad SMARTS) is 1. The third kappa shape index (κ3) is 5.43. The zero-order chi connectivity index (χ0) is 17.4. The molecule has 0 saturated heterocycles. The predicted octanol–water partition coefficient (Wildman–Crippen LogP) is 2.39. The molecule has 1 N–H and O–H groups in total. The van der Waals surface area contributed by atoms with Crippen LogP contribution in [0.25, 0.3) is 0 Å². The predicted molar refractivity (Wildman–Crippen MR) is 91.1 cm³/mol. The van der Waals surface area contributed by atoms with Crippen molar-refractivity contribution in [3.05, 3.63) is 65.7 Å². The molecular formula is C19H21NO4. The standard InChI is InChI=1S/C19H21NO4/c1-24-17-9-7-16(8-10-17)13-18(21)20(14-19(22)23)12-11-15-5-3-2-4-6-15/h2-10H,11-14H2,1H3,(H,22,23). The monoisotopic (exact) mass is 327 g/mol. The van der Waals surface area contributed by atoms with E-state index in [1.807, 2.05) is 42.5 Å². The maximum atomic E-state index is 12.5. The number of ether oxygens (including phenoxy) is 1. The summed E-state index contributed by atoms with van der Waals surface area (Å²) in [5, 5.41) is 9.05. The molecule has 0 saturated carbocycles. The Hall–Kier alpha value is -2.82. The Labute approximate surface area is 141 Å². The van der Waals surface area contributed by atoms with Crippen molar-refractivity contribution in [1.82, 2.24) is 4.90 Å². The molecule has 0 fully saturated rings. The Morgan fingerprint density at radius 2 is 1.67 bits per heavy atom. The number of rotatable bonds is 8. The summed E-state index contributed by atoms with van der Waals surface area (Å²) in [6.07, 6.45) is 0.800. The van der Waals surface area contributed by atoms with Gasteiger partial charge in [0.25, 0.3) is 0 Å². The fraction of sp³-hybridized carbons (Fsp3) is 0.263. The zero-order valence-electron chi connectivity index (χ0n) is 13.6. The maximum Gasteiger partial charge on any atom is 0.323 e. The number of hydrogen-bond donors (Lipinski definition) is 1. The minimum Gasteiger partial charge on any atom is -0.497 e. The fourth-order valence-corrected chi connectivity index (χ4v) is 2.39. The topological polar surface area (TPSA) is 66.8 Å². The van der Waals surface area contributed by atoms with Crippen LogP contribution in [-0.2, 0) is 22.4 Å². The van der Waals surface area contributed by atoms with Gasteiger partial charge in [0, 0.05) is 6.54 Å². The molecule has 5 nitrogen and oxygen atoms in total. The van der Waals surface area contributed by atoms with Crippen LogP contribution in [-0.4, -0.2) is 42.1 Å². The van der Waals surface area contributed by atoms with Gasteiger partial charge < -0.3 is 14.7 Å². The van der Waals surface area contributed by atoms with Crippen molar-refractivity contribution in [1.29, 1.82) is 0 Å². The molecule has 2 aromatic carbocycles. The van der Waals surface area contributed by atoms with E-state index in [1.165, 1.54) is 4.90 Å². The van der Waals surface area contributed by atoms with Gasteiger partial charge in [0.05, 0.1) is 13.5 Å². The number of hydrogen-bond acceptors (Lipinski definition) is 3. The number of benzene rings is 2. The van der Waals surface area contributed by atoms with Gasteiger partial charge in [-0.05, 0) is 29.7 Å². The number of aliphatic carboxylic acids is 1. The first-order valence-corrected chi connectivity index (χ1v) is 7.75. The highest BCUT2D eigenvalue weighted by atomic mass is 16.5. The highest BCUT2D eigenvalue weighted by molar-refractivity contribution is 5.83. The van der Waals surface area contributed by atoms with Gasteiger partial charge in [-0.2, -0.15) is 0 Å². The van der Waals surface area contributed by atoms with E-state index < -0.39 is 5.97 Å². The van der Waals surface area contributed by atoms with E-state index in [4.69, 9.17) is 9.84 Å². The van der Waals surface area contributed by atoms with E-state index in [-0.39, 0.29) is 18.9 Å². The summed E-state index contributed by atoms with van der Waals surface area (Å²) < 4.78 is 5.09. The van der Waals surface area contributed by atoms with Crippen LogP contribution >= 0.6 is 0 Å². The summed E-state index contributed by atoms with van der Waals surface area (Å²) in [4.78, 5) is 24.9. The lowest BCUT2D eigenvalue weighted by molar-refractivity contribution is -0.144. The summed E-state index contributed by atoms with van der Waals surface area (Å²) in [6.45, 7) is 0.0904. The first kappa shape index (κ1) is 17.5. The minimum atomic E-state index is -1.01. The number of amides is 1. The van der Waals surface area contributed by atoms with Gasteiger partial charge in [-0.1, -0.05) is 42.5 Å². The van der Waals surface area contributed by atoms with Gasteiger partial charge in [0.15, 0.2) is 0 Å². The lowest BCUT2D eigenvalue weighted by Gasteiger charge is -2.21. The molecule has 0 atom stereocenters. The summed E-state index contributed by atoms with van der Waals surface area (Å²) in [7, 11) is 1.58. The van der Waals surface area contributed by atoms with Crippen molar-refractivity contribution in [2.75, 3.05) is 20.2 Å². The van der Waals surface area contributed by atoms with Crippen LogP contribution in [0.2, 0.25) is 0 Å². The smallest absolute Gasteiger partial charge is 0.323 e. The van der Waals surface area contributed by atoms with E-state index >= 15 is 0 Å².